The average Bonchev–Trinajstić information content (AvgIpc) is 3.05. The molecule has 1 fully saturated rings. The topological polar surface area (TPSA) is 53.9 Å². The summed E-state index contributed by atoms with van der Waals surface area (Å²) in [6.45, 7) is 6.72. The van der Waals surface area contributed by atoms with Crippen LogP contribution >= 0.6 is 11.6 Å². The van der Waals surface area contributed by atoms with E-state index in [2.05, 4.69) is 4.40 Å². The van der Waals surface area contributed by atoms with Gasteiger partial charge in [-0.15, -0.1) is 11.6 Å². The van der Waals surface area contributed by atoms with Crippen molar-refractivity contribution in [3.8, 4) is 5.75 Å². The van der Waals surface area contributed by atoms with Gasteiger partial charge in [0.1, 0.15) is 39.5 Å². The molecule has 0 N–H and O–H groups in total. The molecule has 0 radical (unpaired) electrons. The van der Waals surface area contributed by atoms with Gasteiger partial charge in [0, 0.05) is 17.9 Å². The lowest BCUT2D eigenvalue weighted by Crippen LogP contribution is -2.27. The van der Waals surface area contributed by atoms with Crippen molar-refractivity contribution in [2.75, 3.05) is 19.1 Å². The second-order valence-corrected chi connectivity index (χ2v) is 9.22. The van der Waals surface area contributed by atoms with E-state index >= 15 is 0 Å². The summed E-state index contributed by atoms with van der Waals surface area (Å²) in [7, 11) is 0. The highest BCUT2D eigenvalue weighted by atomic mass is 35.5. The van der Waals surface area contributed by atoms with Gasteiger partial charge in [0.2, 0.25) is 0 Å². The molecular formula is C18H25ClFNO3S. The molecule has 2 rings (SSSR count). The van der Waals surface area contributed by atoms with E-state index < -0.39 is 16.1 Å². The van der Waals surface area contributed by atoms with E-state index in [4.69, 9.17) is 21.1 Å². The van der Waals surface area contributed by atoms with Crippen LogP contribution in [0, 0.1) is 5.82 Å². The number of alkyl halides is 1. The Labute approximate surface area is 157 Å². The first kappa shape index (κ1) is 20.5. The van der Waals surface area contributed by atoms with Crippen LogP contribution in [0.2, 0.25) is 0 Å². The number of hydrogen-bond donors (Lipinski definition) is 0. The van der Waals surface area contributed by atoms with E-state index in [1.165, 1.54) is 12.1 Å². The van der Waals surface area contributed by atoms with E-state index in [0.29, 0.717) is 49.0 Å². The zero-order chi connectivity index (χ0) is 18.4. The fourth-order valence-electron chi connectivity index (χ4n) is 2.32. The van der Waals surface area contributed by atoms with Crippen molar-refractivity contribution in [3.05, 3.63) is 29.6 Å². The third kappa shape index (κ3) is 6.13. The summed E-state index contributed by atoms with van der Waals surface area (Å²) in [5, 5.41) is 0. The summed E-state index contributed by atoms with van der Waals surface area (Å²) >= 11 is 4.37. The Bertz CT molecular complexity index is 600. The van der Waals surface area contributed by atoms with Crippen LogP contribution in [0.15, 0.2) is 22.6 Å². The lowest BCUT2D eigenvalue weighted by Gasteiger charge is -2.21. The van der Waals surface area contributed by atoms with E-state index in [9.17, 15) is 8.94 Å². The Kier molecular flexibility index (Phi) is 7.55. The van der Waals surface area contributed by atoms with Crippen LogP contribution in [0.25, 0.3) is 0 Å². The minimum Gasteiger partial charge on any atom is -0.591 e. The van der Waals surface area contributed by atoms with Gasteiger partial charge in [-0.25, -0.2) is 4.39 Å². The molecule has 0 saturated carbocycles. The number of halogens is 2. The van der Waals surface area contributed by atoms with Crippen LogP contribution in [0.1, 0.15) is 45.6 Å². The van der Waals surface area contributed by atoms with E-state index in [-0.39, 0.29) is 11.9 Å². The van der Waals surface area contributed by atoms with Crippen LogP contribution in [0.3, 0.4) is 0 Å². The van der Waals surface area contributed by atoms with Crippen molar-refractivity contribution in [3.63, 3.8) is 0 Å². The molecule has 2 atom stereocenters. The molecule has 1 aromatic carbocycles. The molecule has 0 aromatic heterocycles. The van der Waals surface area contributed by atoms with E-state index in [1.54, 1.807) is 6.07 Å². The van der Waals surface area contributed by atoms with Gasteiger partial charge < -0.3 is 14.0 Å². The smallest absolute Gasteiger partial charge is 0.144 e. The maximum Gasteiger partial charge on any atom is 0.144 e. The van der Waals surface area contributed by atoms with Crippen molar-refractivity contribution in [1.82, 2.24) is 0 Å². The third-order valence-corrected chi connectivity index (χ3v) is 5.40. The second kappa shape index (κ2) is 9.21. The Morgan fingerprint density at radius 1 is 1.48 bits per heavy atom. The van der Waals surface area contributed by atoms with Gasteiger partial charge in [0.15, 0.2) is 0 Å². The summed E-state index contributed by atoms with van der Waals surface area (Å²) < 4.78 is 41.6. The lowest BCUT2D eigenvalue weighted by molar-refractivity contribution is 0.141. The fourth-order valence-corrected chi connectivity index (χ4v) is 3.11. The summed E-state index contributed by atoms with van der Waals surface area (Å²) in [6, 6.07) is 4.34. The van der Waals surface area contributed by atoms with E-state index in [1.807, 2.05) is 20.8 Å². The third-order valence-electron chi connectivity index (χ3n) is 3.70. The lowest BCUT2D eigenvalue weighted by atomic mass is 10.0. The fraction of sp³-hybridized carbons (Fsp3) is 0.611. The van der Waals surface area contributed by atoms with Crippen molar-refractivity contribution >= 4 is 28.7 Å². The SMILES string of the molecule is CC(C)(C)[S+]([O-])/N=C(/CCCCl)c1cc(F)ccc1O[C@H]1CCOC1. The molecule has 4 nitrogen and oxygen atoms in total. The van der Waals surface area contributed by atoms with Crippen LogP contribution in [-0.4, -0.2) is 40.2 Å². The number of hydrogen-bond acceptors (Lipinski definition) is 4. The second-order valence-electron chi connectivity index (χ2n) is 6.94. The highest BCUT2D eigenvalue weighted by molar-refractivity contribution is 7.91. The van der Waals surface area contributed by atoms with Crippen LogP contribution in [0.5, 0.6) is 5.75 Å². The monoisotopic (exact) mass is 389 g/mol. The number of ether oxygens (including phenoxy) is 2. The quantitative estimate of drug-likeness (QED) is 0.397. The van der Waals surface area contributed by atoms with Crippen molar-refractivity contribution < 1.29 is 18.4 Å². The number of benzene rings is 1. The summed E-state index contributed by atoms with van der Waals surface area (Å²) in [5.41, 5.74) is 1.09. The molecule has 1 heterocycles. The minimum atomic E-state index is -1.45. The van der Waals surface area contributed by atoms with Gasteiger partial charge in [-0.3, -0.25) is 0 Å². The highest BCUT2D eigenvalue weighted by Gasteiger charge is 2.28. The Morgan fingerprint density at radius 3 is 2.84 bits per heavy atom. The predicted octanol–water partition coefficient (Wildman–Crippen LogP) is 4.26. The first-order chi connectivity index (χ1) is 11.8. The molecular weight excluding hydrogens is 365 g/mol. The largest absolute Gasteiger partial charge is 0.591 e. The Hall–Kier alpha value is -0.820. The predicted molar refractivity (Wildman–Crippen MR) is 101 cm³/mol. The molecule has 0 bridgehead atoms. The molecule has 1 saturated heterocycles. The van der Waals surface area contributed by atoms with Crippen molar-refractivity contribution in [2.45, 2.75) is 50.9 Å². The van der Waals surface area contributed by atoms with Crippen LogP contribution in [-0.2, 0) is 16.1 Å². The Morgan fingerprint density at radius 2 is 2.24 bits per heavy atom. The summed E-state index contributed by atoms with van der Waals surface area (Å²) in [4.78, 5) is 0. The van der Waals surface area contributed by atoms with Gasteiger partial charge in [0.05, 0.1) is 13.2 Å². The number of rotatable bonds is 7. The molecule has 1 aliphatic rings. The molecule has 1 aliphatic heterocycles. The molecule has 25 heavy (non-hydrogen) atoms. The molecule has 0 amide bonds. The van der Waals surface area contributed by atoms with Crippen LogP contribution in [0.4, 0.5) is 4.39 Å². The average molecular weight is 390 g/mol. The van der Waals surface area contributed by atoms with Gasteiger partial charge in [0.25, 0.3) is 0 Å². The first-order valence-corrected chi connectivity index (χ1v) is 10.0. The molecule has 140 valence electrons. The Balaban J connectivity index is 2.36. The maximum absolute atomic E-state index is 13.9. The summed E-state index contributed by atoms with van der Waals surface area (Å²) in [6.07, 6.45) is 1.89. The van der Waals surface area contributed by atoms with Crippen molar-refractivity contribution in [1.29, 1.82) is 0 Å². The maximum atomic E-state index is 13.9. The summed E-state index contributed by atoms with van der Waals surface area (Å²) in [5.74, 6) is 0.602. The molecule has 1 aromatic rings. The van der Waals surface area contributed by atoms with Gasteiger partial charge in [-0.05, 0) is 51.8 Å². The first-order valence-electron chi connectivity index (χ1n) is 8.41. The molecule has 7 heteroatoms. The standard InChI is InChI=1S/C18H25ClFNO3S/c1-18(2,3)25(22)21-16(5-4-9-19)15-11-13(20)6-7-17(15)24-14-8-10-23-12-14/h6-7,11,14H,4-5,8-10,12H2,1-3H3/b21-16-/t14-,25?/m0/s1. The zero-order valence-electron chi connectivity index (χ0n) is 14.9. The molecule has 1 unspecified atom stereocenters. The van der Waals surface area contributed by atoms with Crippen molar-refractivity contribution in [2.24, 2.45) is 4.40 Å². The van der Waals surface area contributed by atoms with Gasteiger partial charge >= 0.3 is 0 Å². The number of nitrogens with zero attached hydrogens (tertiary/aromatic N) is 1. The van der Waals surface area contributed by atoms with Gasteiger partial charge in [-0.1, -0.05) is 4.40 Å². The molecule has 0 spiro atoms. The van der Waals surface area contributed by atoms with Gasteiger partial charge in [-0.2, -0.15) is 0 Å². The van der Waals surface area contributed by atoms with E-state index in [0.717, 1.165) is 6.42 Å². The molecule has 0 aliphatic carbocycles. The van der Waals surface area contributed by atoms with Crippen LogP contribution < -0.4 is 4.74 Å². The highest BCUT2D eigenvalue weighted by Crippen LogP contribution is 2.27. The minimum absolute atomic E-state index is 0.0633. The normalized spacial score (nSPS) is 19.9. The zero-order valence-corrected chi connectivity index (χ0v) is 16.5.